The topological polar surface area (TPSA) is 44.7 Å². The fourth-order valence-corrected chi connectivity index (χ4v) is 4.16. The Hall–Kier alpha value is -3.73. The molecule has 0 spiro atoms. The van der Waals surface area contributed by atoms with Gasteiger partial charge in [-0.2, -0.15) is 0 Å². The van der Waals surface area contributed by atoms with Crippen LogP contribution >= 0.6 is 0 Å². The summed E-state index contributed by atoms with van der Waals surface area (Å²) in [4.78, 5) is 20.1. The molecule has 4 nitrogen and oxygen atoms in total. The minimum Gasteiger partial charge on any atom is -0.378 e. The average Bonchev–Trinajstić information content (AvgIpc) is 2.93. The van der Waals surface area contributed by atoms with Crippen LogP contribution in [0.5, 0.6) is 0 Å². The van der Waals surface area contributed by atoms with Gasteiger partial charge in [-0.05, 0) is 29.8 Å². The van der Waals surface area contributed by atoms with Gasteiger partial charge in [-0.15, -0.1) is 0 Å². The van der Waals surface area contributed by atoms with Gasteiger partial charge in [-0.25, -0.2) is 4.39 Å². The lowest BCUT2D eigenvalue weighted by atomic mass is 9.91. The highest BCUT2D eigenvalue weighted by molar-refractivity contribution is 6.23. The van der Waals surface area contributed by atoms with Crippen molar-refractivity contribution in [2.45, 2.75) is 6.04 Å². The fourth-order valence-electron chi connectivity index (χ4n) is 4.16. The predicted molar refractivity (Wildman–Crippen MR) is 116 cm³/mol. The first-order valence-electron chi connectivity index (χ1n) is 9.96. The third-order valence-corrected chi connectivity index (χ3v) is 5.42. The van der Waals surface area contributed by atoms with E-state index >= 15 is 0 Å². The molecule has 0 bridgehead atoms. The zero-order chi connectivity index (χ0) is 20.5. The van der Waals surface area contributed by atoms with Crippen LogP contribution in [0.15, 0.2) is 101 Å². The van der Waals surface area contributed by atoms with Crippen molar-refractivity contribution >= 4 is 17.3 Å². The molecule has 3 aromatic rings. The molecular weight excluding hydrogens is 377 g/mol. The normalized spacial score (nSPS) is 18.6. The van der Waals surface area contributed by atoms with E-state index in [4.69, 9.17) is 4.99 Å². The van der Waals surface area contributed by atoms with Crippen molar-refractivity contribution in [3.8, 4) is 0 Å². The SMILES string of the molecule is O=C1C2=C(C(c3ccccc3)=NCCN2)C(c2cccc(F)c2)N1c1ccccc1. The second-order valence-corrected chi connectivity index (χ2v) is 7.28. The maximum Gasteiger partial charge on any atom is 0.275 e. The molecule has 2 heterocycles. The molecule has 0 radical (unpaired) electrons. The van der Waals surface area contributed by atoms with Crippen molar-refractivity contribution in [2.24, 2.45) is 4.99 Å². The van der Waals surface area contributed by atoms with Gasteiger partial charge in [0.25, 0.3) is 5.91 Å². The van der Waals surface area contributed by atoms with Crippen LogP contribution in [0, 0.1) is 5.82 Å². The summed E-state index contributed by atoms with van der Waals surface area (Å²) >= 11 is 0. The Morgan fingerprint density at radius 3 is 2.40 bits per heavy atom. The molecule has 0 saturated carbocycles. The van der Waals surface area contributed by atoms with Gasteiger partial charge in [0.05, 0.1) is 18.3 Å². The van der Waals surface area contributed by atoms with Crippen LogP contribution in [0.3, 0.4) is 0 Å². The maximum atomic E-state index is 14.2. The van der Waals surface area contributed by atoms with Gasteiger partial charge in [0.15, 0.2) is 0 Å². The van der Waals surface area contributed by atoms with E-state index in [1.165, 1.54) is 12.1 Å². The quantitative estimate of drug-likeness (QED) is 0.718. The summed E-state index contributed by atoms with van der Waals surface area (Å²) in [5.41, 5.74) is 4.52. The van der Waals surface area contributed by atoms with Crippen LogP contribution in [0.1, 0.15) is 17.2 Å². The lowest BCUT2D eigenvalue weighted by Gasteiger charge is -2.28. The van der Waals surface area contributed by atoms with Gasteiger partial charge in [-0.3, -0.25) is 14.7 Å². The molecule has 3 aromatic carbocycles. The maximum absolute atomic E-state index is 14.2. The molecule has 30 heavy (non-hydrogen) atoms. The fraction of sp³-hybridized carbons (Fsp3) is 0.120. The standard InChI is InChI=1S/C25H20FN3O/c26-19-11-7-10-18(16-19)24-21-22(17-8-3-1-4-9-17)27-14-15-28-23(21)25(30)29(24)20-12-5-2-6-13-20/h1-13,16,24,28H,14-15H2. The van der Waals surface area contributed by atoms with Crippen LogP contribution in [-0.2, 0) is 4.79 Å². The number of rotatable bonds is 3. The number of hydrogen-bond donors (Lipinski definition) is 1. The summed E-state index contributed by atoms with van der Waals surface area (Å²) in [5.74, 6) is -0.460. The Balaban J connectivity index is 1.74. The Bertz CT molecular complexity index is 1160. The molecule has 148 valence electrons. The van der Waals surface area contributed by atoms with Gasteiger partial charge >= 0.3 is 0 Å². The molecule has 2 aliphatic rings. The Morgan fingerprint density at radius 1 is 0.933 bits per heavy atom. The first kappa shape index (κ1) is 18.3. The van der Waals surface area contributed by atoms with E-state index in [1.807, 2.05) is 66.7 Å². The van der Waals surface area contributed by atoms with E-state index in [1.54, 1.807) is 11.0 Å². The largest absolute Gasteiger partial charge is 0.378 e. The Labute approximate surface area is 174 Å². The summed E-state index contributed by atoms with van der Waals surface area (Å²) in [6, 6.07) is 25.3. The predicted octanol–water partition coefficient (Wildman–Crippen LogP) is 4.26. The third-order valence-electron chi connectivity index (χ3n) is 5.42. The van der Waals surface area contributed by atoms with Gasteiger partial charge in [0, 0.05) is 23.4 Å². The number of carbonyl (C=O) groups is 1. The Morgan fingerprint density at radius 2 is 1.67 bits per heavy atom. The van der Waals surface area contributed by atoms with E-state index in [-0.39, 0.29) is 11.7 Å². The molecule has 0 aliphatic carbocycles. The molecule has 1 atom stereocenters. The van der Waals surface area contributed by atoms with Crippen LogP contribution < -0.4 is 10.2 Å². The summed E-state index contributed by atoms with van der Waals surface area (Å²) in [7, 11) is 0. The number of halogens is 1. The first-order valence-corrected chi connectivity index (χ1v) is 9.96. The van der Waals surface area contributed by atoms with Gasteiger partial charge in [0.1, 0.15) is 11.5 Å². The summed E-state index contributed by atoms with van der Waals surface area (Å²) in [6.45, 7) is 1.13. The average molecular weight is 397 g/mol. The second-order valence-electron chi connectivity index (χ2n) is 7.28. The molecule has 0 aromatic heterocycles. The number of nitrogens with zero attached hydrogens (tertiary/aromatic N) is 2. The highest BCUT2D eigenvalue weighted by Gasteiger charge is 2.43. The zero-order valence-electron chi connectivity index (χ0n) is 16.3. The number of amides is 1. The smallest absolute Gasteiger partial charge is 0.275 e. The monoisotopic (exact) mass is 397 g/mol. The minimum absolute atomic E-state index is 0.129. The van der Waals surface area contributed by atoms with Crippen LogP contribution in [0.4, 0.5) is 10.1 Å². The van der Waals surface area contributed by atoms with Crippen LogP contribution in [-0.4, -0.2) is 24.7 Å². The van der Waals surface area contributed by atoms with Gasteiger partial charge in [0.2, 0.25) is 0 Å². The van der Waals surface area contributed by atoms with Crippen molar-refractivity contribution < 1.29 is 9.18 Å². The van der Waals surface area contributed by atoms with Crippen molar-refractivity contribution in [3.05, 3.63) is 113 Å². The van der Waals surface area contributed by atoms with Gasteiger partial charge in [-0.1, -0.05) is 60.7 Å². The number of hydrogen-bond acceptors (Lipinski definition) is 3. The van der Waals surface area contributed by atoms with Crippen molar-refractivity contribution in [3.63, 3.8) is 0 Å². The van der Waals surface area contributed by atoms with E-state index in [2.05, 4.69) is 5.32 Å². The number of carbonyl (C=O) groups excluding carboxylic acids is 1. The molecule has 0 saturated heterocycles. The summed E-state index contributed by atoms with van der Waals surface area (Å²) < 4.78 is 14.2. The van der Waals surface area contributed by atoms with Crippen molar-refractivity contribution in [1.82, 2.24) is 5.32 Å². The molecule has 5 heteroatoms. The van der Waals surface area contributed by atoms with E-state index in [9.17, 15) is 9.18 Å². The van der Waals surface area contributed by atoms with Crippen LogP contribution in [0.2, 0.25) is 0 Å². The second kappa shape index (κ2) is 7.59. The number of aliphatic imine (C=N–C) groups is 1. The molecule has 1 amide bonds. The highest BCUT2D eigenvalue weighted by atomic mass is 19.1. The number of nitrogens with one attached hydrogen (secondary N) is 1. The molecule has 1 N–H and O–H groups in total. The molecule has 2 aliphatic heterocycles. The molecule has 1 unspecified atom stereocenters. The van der Waals surface area contributed by atoms with E-state index < -0.39 is 6.04 Å². The molecule has 0 fully saturated rings. The lowest BCUT2D eigenvalue weighted by Crippen LogP contribution is -2.33. The minimum atomic E-state index is -0.477. The van der Waals surface area contributed by atoms with Crippen LogP contribution in [0.25, 0.3) is 0 Å². The third kappa shape index (κ3) is 3.08. The number of benzene rings is 3. The molecular formula is C25H20FN3O. The summed E-state index contributed by atoms with van der Waals surface area (Å²) in [6.07, 6.45) is 0. The van der Waals surface area contributed by atoms with Gasteiger partial charge < -0.3 is 5.32 Å². The number of para-hydroxylation sites is 1. The zero-order valence-corrected chi connectivity index (χ0v) is 16.3. The van der Waals surface area contributed by atoms with E-state index in [0.717, 1.165) is 22.5 Å². The summed E-state index contributed by atoms with van der Waals surface area (Å²) in [5, 5.41) is 3.29. The Kier molecular flexibility index (Phi) is 4.64. The molecule has 5 rings (SSSR count). The van der Waals surface area contributed by atoms with Crippen molar-refractivity contribution in [1.29, 1.82) is 0 Å². The van der Waals surface area contributed by atoms with Crippen molar-refractivity contribution in [2.75, 3.05) is 18.0 Å². The first-order chi connectivity index (χ1) is 14.7. The van der Waals surface area contributed by atoms with E-state index in [0.29, 0.717) is 24.4 Å². The number of anilines is 1. The highest BCUT2D eigenvalue weighted by Crippen LogP contribution is 2.42. The lowest BCUT2D eigenvalue weighted by molar-refractivity contribution is -0.115.